The van der Waals surface area contributed by atoms with Gasteiger partial charge in [-0.2, -0.15) is 4.39 Å². The Morgan fingerprint density at radius 2 is 2.19 bits per heavy atom. The van der Waals surface area contributed by atoms with Crippen molar-refractivity contribution in [2.75, 3.05) is 0 Å². The molecule has 16 heavy (non-hydrogen) atoms. The lowest BCUT2D eigenvalue weighted by molar-refractivity contribution is -0.386. The largest absolute Gasteiger partial charge is 0.475 e. The van der Waals surface area contributed by atoms with Gasteiger partial charge in [-0.15, -0.1) is 0 Å². The molecule has 0 radical (unpaired) electrons. The van der Waals surface area contributed by atoms with Crippen molar-refractivity contribution in [3.8, 4) is 0 Å². The first-order valence-electron chi connectivity index (χ1n) is 4.10. The number of aromatic carboxylic acids is 1. The maximum Gasteiger partial charge on any atom is 0.371 e. The fourth-order valence-corrected chi connectivity index (χ4v) is 1.34. The average molecular weight is 225 g/mol. The van der Waals surface area contributed by atoms with Gasteiger partial charge in [-0.3, -0.25) is 10.1 Å². The molecule has 0 saturated carbocycles. The highest BCUT2D eigenvalue weighted by Crippen LogP contribution is 2.30. The molecule has 1 aromatic carbocycles. The molecule has 1 aromatic heterocycles. The topological polar surface area (TPSA) is 93.6 Å². The van der Waals surface area contributed by atoms with Crippen LogP contribution < -0.4 is 0 Å². The number of rotatable bonds is 2. The van der Waals surface area contributed by atoms with E-state index in [0.29, 0.717) is 0 Å². The highest BCUT2D eigenvalue weighted by molar-refractivity contribution is 5.94. The summed E-state index contributed by atoms with van der Waals surface area (Å²) in [4.78, 5) is 20.2. The van der Waals surface area contributed by atoms with Crippen LogP contribution in [0.25, 0.3) is 11.0 Å². The molecule has 0 spiro atoms. The third-order valence-corrected chi connectivity index (χ3v) is 2.00. The SMILES string of the molecule is O=C(O)c1cc2ccc(F)c([N+](=O)[O-])c2o1. The van der Waals surface area contributed by atoms with Crippen LogP contribution >= 0.6 is 0 Å². The van der Waals surface area contributed by atoms with Gasteiger partial charge in [0.15, 0.2) is 0 Å². The normalized spacial score (nSPS) is 10.6. The molecule has 2 rings (SSSR count). The lowest BCUT2D eigenvalue weighted by atomic mass is 10.2. The molecular formula is C9H4FNO5. The lowest BCUT2D eigenvalue weighted by Gasteiger charge is -1.93. The summed E-state index contributed by atoms with van der Waals surface area (Å²) >= 11 is 0. The Morgan fingerprint density at radius 1 is 1.50 bits per heavy atom. The van der Waals surface area contributed by atoms with E-state index in [1.807, 2.05) is 0 Å². The maximum absolute atomic E-state index is 13.1. The summed E-state index contributed by atoms with van der Waals surface area (Å²) in [5.74, 6) is -2.90. The number of nitro benzene ring substituents is 1. The molecule has 0 bridgehead atoms. The summed E-state index contributed by atoms with van der Waals surface area (Å²) < 4.78 is 17.9. The molecule has 0 atom stereocenters. The number of nitro groups is 1. The molecular weight excluding hydrogens is 221 g/mol. The summed E-state index contributed by atoms with van der Waals surface area (Å²) in [6.07, 6.45) is 0. The Bertz CT molecular complexity index is 603. The molecule has 0 saturated heterocycles. The number of furan rings is 1. The molecule has 0 aliphatic carbocycles. The van der Waals surface area contributed by atoms with E-state index in [1.54, 1.807) is 0 Å². The molecule has 2 aromatic rings. The van der Waals surface area contributed by atoms with Crippen LogP contribution in [0, 0.1) is 15.9 Å². The second-order valence-electron chi connectivity index (χ2n) is 2.99. The number of benzene rings is 1. The van der Waals surface area contributed by atoms with E-state index >= 15 is 0 Å². The highest BCUT2D eigenvalue weighted by Gasteiger charge is 2.24. The molecule has 7 heteroatoms. The number of halogens is 1. The number of nitrogens with zero attached hydrogens (tertiary/aromatic N) is 1. The van der Waals surface area contributed by atoms with Gasteiger partial charge in [0.25, 0.3) is 0 Å². The van der Waals surface area contributed by atoms with Crippen LogP contribution in [0.15, 0.2) is 22.6 Å². The Labute approximate surface area is 87.0 Å². The molecule has 0 unspecified atom stereocenters. The minimum Gasteiger partial charge on any atom is -0.475 e. The summed E-state index contributed by atoms with van der Waals surface area (Å²) in [5.41, 5.74) is -1.23. The first kappa shape index (κ1) is 10.1. The van der Waals surface area contributed by atoms with Crippen molar-refractivity contribution < 1.29 is 23.6 Å². The summed E-state index contributed by atoms with van der Waals surface area (Å²) in [7, 11) is 0. The van der Waals surface area contributed by atoms with Crippen LogP contribution in [0.4, 0.5) is 10.1 Å². The summed E-state index contributed by atoms with van der Waals surface area (Å²) in [5, 5.41) is 19.4. The number of hydrogen-bond donors (Lipinski definition) is 1. The number of hydrogen-bond acceptors (Lipinski definition) is 4. The standard InChI is InChI=1S/C9H4FNO5/c10-5-2-1-4-3-6(9(12)13)16-8(4)7(5)11(14)15/h1-3H,(H,12,13). The van der Waals surface area contributed by atoms with Crippen LogP contribution in [0.1, 0.15) is 10.6 Å². The van der Waals surface area contributed by atoms with Crippen LogP contribution in [0.3, 0.4) is 0 Å². The van der Waals surface area contributed by atoms with E-state index in [4.69, 9.17) is 9.52 Å². The summed E-state index contributed by atoms with van der Waals surface area (Å²) in [6, 6.07) is 3.21. The Kier molecular flexibility index (Phi) is 2.08. The third-order valence-electron chi connectivity index (χ3n) is 2.00. The molecule has 6 nitrogen and oxygen atoms in total. The molecule has 0 aliphatic rings. The van der Waals surface area contributed by atoms with Gasteiger partial charge < -0.3 is 9.52 Å². The van der Waals surface area contributed by atoms with E-state index in [2.05, 4.69) is 0 Å². The molecule has 1 heterocycles. The van der Waals surface area contributed by atoms with E-state index < -0.39 is 28.2 Å². The molecule has 0 amide bonds. The van der Waals surface area contributed by atoms with E-state index in [-0.39, 0.29) is 11.0 Å². The highest BCUT2D eigenvalue weighted by atomic mass is 19.1. The monoisotopic (exact) mass is 225 g/mol. The quantitative estimate of drug-likeness (QED) is 0.624. The predicted molar refractivity (Wildman–Crippen MR) is 49.8 cm³/mol. The maximum atomic E-state index is 13.1. The van der Waals surface area contributed by atoms with Crippen molar-refractivity contribution in [1.29, 1.82) is 0 Å². The zero-order valence-corrected chi connectivity index (χ0v) is 7.64. The van der Waals surface area contributed by atoms with Gasteiger partial charge in [-0.25, -0.2) is 4.79 Å². The van der Waals surface area contributed by atoms with E-state index in [9.17, 15) is 19.3 Å². The van der Waals surface area contributed by atoms with Crippen molar-refractivity contribution in [2.24, 2.45) is 0 Å². The number of carboxylic acids is 1. The minimum absolute atomic E-state index is 0.172. The zero-order valence-electron chi connectivity index (χ0n) is 7.64. The summed E-state index contributed by atoms with van der Waals surface area (Å²) in [6.45, 7) is 0. The predicted octanol–water partition coefficient (Wildman–Crippen LogP) is 2.18. The van der Waals surface area contributed by atoms with E-state index in [0.717, 1.165) is 12.1 Å². The first-order chi connectivity index (χ1) is 7.50. The van der Waals surface area contributed by atoms with Gasteiger partial charge in [0.2, 0.25) is 17.2 Å². The van der Waals surface area contributed by atoms with Crippen molar-refractivity contribution in [2.45, 2.75) is 0 Å². The average Bonchev–Trinajstić information content (AvgIpc) is 2.60. The molecule has 0 aliphatic heterocycles. The van der Waals surface area contributed by atoms with Gasteiger partial charge in [0.05, 0.1) is 4.92 Å². The fourth-order valence-electron chi connectivity index (χ4n) is 1.34. The van der Waals surface area contributed by atoms with Gasteiger partial charge >= 0.3 is 11.7 Å². The van der Waals surface area contributed by atoms with Gasteiger partial charge in [-0.05, 0) is 18.2 Å². The fraction of sp³-hybridized carbons (Fsp3) is 0. The van der Waals surface area contributed by atoms with E-state index in [1.165, 1.54) is 6.07 Å². The van der Waals surface area contributed by atoms with Crippen LogP contribution in [0.2, 0.25) is 0 Å². The Balaban J connectivity index is 2.82. The molecule has 82 valence electrons. The van der Waals surface area contributed by atoms with Gasteiger partial charge in [0.1, 0.15) is 0 Å². The molecule has 0 fully saturated rings. The van der Waals surface area contributed by atoms with Crippen molar-refractivity contribution in [3.05, 3.63) is 39.9 Å². The van der Waals surface area contributed by atoms with Crippen LogP contribution in [0.5, 0.6) is 0 Å². The third kappa shape index (κ3) is 1.38. The zero-order chi connectivity index (χ0) is 11.9. The van der Waals surface area contributed by atoms with Crippen molar-refractivity contribution in [3.63, 3.8) is 0 Å². The molecule has 1 N–H and O–H groups in total. The second kappa shape index (κ2) is 3.30. The Hall–Kier alpha value is -2.44. The van der Waals surface area contributed by atoms with Gasteiger partial charge in [-0.1, -0.05) is 0 Å². The Morgan fingerprint density at radius 3 is 2.75 bits per heavy atom. The minimum atomic E-state index is -1.37. The van der Waals surface area contributed by atoms with Crippen molar-refractivity contribution >= 4 is 22.6 Å². The second-order valence-corrected chi connectivity index (χ2v) is 2.99. The first-order valence-corrected chi connectivity index (χ1v) is 4.10. The van der Waals surface area contributed by atoms with Crippen molar-refractivity contribution in [1.82, 2.24) is 0 Å². The smallest absolute Gasteiger partial charge is 0.371 e. The number of carboxylic acid groups (broad SMARTS) is 1. The number of carbonyl (C=O) groups is 1. The lowest BCUT2D eigenvalue weighted by Crippen LogP contribution is -1.93. The van der Waals surface area contributed by atoms with Crippen LogP contribution in [-0.2, 0) is 0 Å². The van der Waals surface area contributed by atoms with Gasteiger partial charge in [0, 0.05) is 5.39 Å². The number of fused-ring (bicyclic) bond motifs is 1. The van der Waals surface area contributed by atoms with Crippen LogP contribution in [-0.4, -0.2) is 16.0 Å².